The minimum atomic E-state index is -4.27. The molecule has 0 saturated heterocycles. The Morgan fingerprint density at radius 1 is 1.00 bits per heavy atom. The lowest BCUT2D eigenvalue weighted by Crippen LogP contribution is -2.01. The van der Waals surface area contributed by atoms with Crippen molar-refractivity contribution in [3.05, 3.63) is 54.1 Å². The number of hydrogen-bond donors (Lipinski definition) is 0. The molecule has 0 radical (unpaired) electrons. The second kappa shape index (κ2) is 8.86. The second-order valence-corrected chi connectivity index (χ2v) is 8.63. The fourth-order valence-corrected chi connectivity index (χ4v) is 2.80. The van der Waals surface area contributed by atoms with E-state index in [0.717, 1.165) is 5.56 Å². The average molecular weight is 368 g/mol. The van der Waals surface area contributed by atoms with E-state index in [-0.39, 0.29) is 21.8 Å². The fourth-order valence-electron chi connectivity index (χ4n) is 1.65. The molecule has 0 unspecified atom stereocenters. The number of ether oxygens (including phenoxy) is 1. The molecule has 0 atom stereocenters. The number of carbonyl (C=O) groups excluding carboxylic acids is 1. The van der Waals surface area contributed by atoms with E-state index in [4.69, 9.17) is 4.74 Å². The summed E-state index contributed by atoms with van der Waals surface area (Å²) in [4.78, 5) is 11.7. The molecule has 0 heterocycles. The van der Waals surface area contributed by atoms with Crippen molar-refractivity contribution < 1.29 is 22.5 Å². The maximum absolute atomic E-state index is 10.6. The number of rotatable bonds is 3. The molecular weight excluding hydrogens is 348 g/mol. The lowest BCUT2D eigenvalue weighted by atomic mass is 10.2. The zero-order valence-corrected chi connectivity index (χ0v) is 15.6. The first kappa shape index (κ1) is 20.2. The zero-order valence-electron chi connectivity index (χ0n) is 14.0. The van der Waals surface area contributed by atoms with Crippen LogP contribution in [0.3, 0.4) is 0 Å². The van der Waals surface area contributed by atoms with Gasteiger partial charge in [-0.15, -0.1) is 0 Å². The highest BCUT2D eigenvalue weighted by molar-refractivity contribution is 7.95. The number of aryl methyl sites for hydroxylation is 1. The molecule has 0 saturated carbocycles. The van der Waals surface area contributed by atoms with Gasteiger partial charge in [0.2, 0.25) is 0 Å². The van der Waals surface area contributed by atoms with Crippen molar-refractivity contribution in [1.82, 2.24) is 0 Å². The van der Waals surface area contributed by atoms with Crippen molar-refractivity contribution >= 4 is 27.0 Å². The Morgan fingerprint density at radius 3 is 1.88 bits per heavy atom. The quantitative estimate of drug-likeness (QED) is 0.360. The van der Waals surface area contributed by atoms with E-state index in [1.807, 2.05) is 31.2 Å². The molecule has 5 nitrogen and oxygen atoms in total. The molecule has 2 aromatic rings. The highest BCUT2D eigenvalue weighted by atomic mass is 32.2. The highest BCUT2D eigenvalue weighted by Gasteiger charge is 2.07. The second-order valence-electron chi connectivity index (χ2n) is 5.15. The van der Waals surface area contributed by atoms with E-state index >= 15 is 0 Å². The van der Waals surface area contributed by atoms with E-state index in [0.29, 0.717) is 5.75 Å². The van der Waals surface area contributed by atoms with Gasteiger partial charge in [0.15, 0.2) is 4.90 Å². The molecular formula is C17H20O5S2. The number of benzene rings is 2. The topological polar surface area (TPSA) is 83.5 Å². The minimum Gasteiger partial charge on any atom is -0.744 e. The molecule has 0 fully saturated rings. The van der Waals surface area contributed by atoms with Crippen LogP contribution in [-0.2, 0) is 25.8 Å². The van der Waals surface area contributed by atoms with E-state index < -0.39 is 10.1 Å². The van der Waals surface area contributed by atoms with E-state index in [1.165, 1.54) is 24.0 Å². The Kier molecular flexibility index (Phi) is 7.47. The molecule has 0 N–H and O–H groups in total. The van der Waals surface area contributed by atoms with Gasteiger partial charge < -0.3 is 9.29 Å². The van der Waals surface area contributed by atoms with E-state index in [2.05, 4.69) is 12.5 Å². The van der Waals surface area contributed by atoms with Gasteiger partial charge in [0.25, 0.3) is 0 Å². The van der Waals surface area contributed by atoms with Crippen molar-refractivity contribution in [1.29, 1.82) is 0 Å². The summed E-state index contributed by atoms with van der Waals surface area (Å²) in [5, 5.41) is 0. The lowest BCUT2D eigenvalue weighted by Gasteiger charge is -2.05. The van der Waals surface area contributed by atoms with Crippen LogP contribution in [0.1, 0.15) is 12.5 Å². The summed E-state index contributed by atoms with van der Waals surface area (Å²) < 4.78 is 36.1. The van der Waals surface area contributed by atoms with Crippen LogP contribution in [0.25, 0.3) is 0 Å². The van der Waals surface area contributed by atoms with Crippen LogP contribution in [0.4, 0.5) is 0 Å². The van der Waals surface area contributed by atoms with Gasteiger partial charge in [0.1, 0.15) is 28.4 Å². The molecule has 2 aromatic carbocycles. The van der Waals surface area contributed by atoms with Gasteiger partial charge in [-0.3, -0.25) is 4.79 Å². The summed E-state index contributed by atoms with van der Waals surface area (Å²) in [6, 6.07) is 13.4. The molecule has 0 spiro atoms. The third-order valence-corrected chi connectivity index (χ3v) is 4.93. The smallest absolute Gasteiger partial charge is 0.308 e. The molecule has 7 heteroatoms. The van der Waals surface area contributed by atoms with Crippen molar-refractivity contribution in [3.8, 4) is 5.75 Å². The molecule has 0 amide bonds. The molecule has 0 aliphatic heterocycles. The van der Waals surface area contributed by atoms with Gasteiger partial charge in [0.05, 0.1) is 4.90 Å². The molecule has 0 aromatic heterocycles. The maximum Gasteiger partial charge on any atom is 0.308 e. The molecule has 24 heavy (non-hydrogen) atoms. The van der Waals surface area contributed by atoms with Gasteiger partial charge in [-0.2, -0.15) is 0 Å². The summed E-state index contributed by atoms with van der Waals surface area (Å²) in [7, 11) is -4.01. The normalized spacial score (nSPS) is 10.8. The third-order valence-electron chi connectivity index (χ3n) is 2.87. The zero-order chi connectivity index (χ0) is 18.3. The number of hydrogen-bond acceptors (Lipinski definition) is 5. The van der Waals surface area contributed by atoms with Gasteiger partial charge in [0, 0.05) is 17.8 Å². The van der Waals surface area contributed by atoms with Crippen molar-refractivity contribution in [2.75, 3.05) is 12.5 Å². The fraction of sp³-hybridized carbons (Fsp3) is 0.235. The Labute approximate surface area is 145 Å². The Morgan fingerprint density at radius 2 is 1.50 bits per heavy atom. The average Bonchev–Trinajstić information content (AvgIpc) is 2.47. The summed E-state index contributed by atoms with van der Waals surface area (Å²) in [6.45, 7) is 3.22. The number of carbonyl (C=O) groups is 1. The van der Waals surface area contributed by atoms with Crippen LogP contribution >= 0.6 is 0 Å². The number of esters is 1. The van der Waals surface area contributed by atoms with Gasteiger partial charge in [-0.05, 0) is 43.3 Å². The predicted molar refractivity (Wildman–Crippen MR) is 94.4 cm³/mol. The van der Waals surface area contributed by atoms with Gasteiger partial charge in [-0.1, -0.05) is 17.7 Å². The monoisotopic (exact) mass is 368 g/mol. The van der Waals surface area contributed by atoms with Crippen LogP contribution in [0.2, 0.25) is 0 Å². The van der Waals surface area contributed by atoms with Gasteiger partial charge >= 0.3 is 5.97 Å². The first-order valence-electron chi connectivity index (χ1n) is 6.98. The molecule has 2 rings (SSSR count). The van der Waals surface area contributed by atoms with E-state index in [1.54, 1.807) is 12.1 Å². The Bertz CT molecular complexity index is 764. The van der Waals surface area contributed by atoms with Gasteiger partial charge in [-0.25, -0.2) is 8.42 Å². The predicted octanol–water partition coefficient (Wildman–Crippen LogP) is 2.75. The van der Waals surface area contributed by atoms with Crippen LogP contribution in [0.15, 0.2) is 58.3 Å². The third kappa shape index (κ3) is 7.16. The first-order chi connectivity index (χ1) is 11.1. The summed E-state index contributed by atoms with van der Waals surface area (Å²) in [6.07, 6.45) is 4.31. The van der Waals surface area contributed by atoms with Crippen molar-refractivity contribution in [3.63, 3.8) is 0 Å². The summed E-state index contributed by atoms with van der Waals surface area (Å²) in [5.74, 6) is 0.335. The largest absolute Gasteiger partial charge is 0.744 e. The minimum absolute atomic E-state index is 0.178. The summed E-state index contributed by atoms with van der Waals surface area (Å²) >= 11 is 0. The highest BCUT2D eigenvalue weighted by Crippen LogP contribution is 2.15. The van der Waals surface area contributed by atoms with Crippen LogP contribution in [-0.4, -0.2) is 31.5 Å². The van der Waals surface area contributed by atoms with Crippen LogP contribution in [0.5, 0.6) is 5.75 Å². The van der Waals surface area contributed by atoms with Crippen molar-refractivity contribution in [2.24, 2.45) is 0 Å². The van der Waals surface area contributed by atoms with E-state index in [9.17, 15) is 17.8 Å². The maximum atomic E-state index is 10.6. The first-order valence-corrected chi connectivity index (χ1v) is 10.4. The lowest BCUT2D eigenvalue weighted by molar-refractivity contribution is -0.131. The Hall–Kier alpha value is -1.83. The van der Waals surface area contributed by atoms with Crippen LogP contribution in [0, 0.1) is 6.92 Å². The molecule has 0 aliphatic rings. The summed E-state index contributed by atoms with van der Waals surface area (Å²) in [5.41, 5.74) is 0.928. The van der Waals surface area contributed by atoms with Crippen molar-refractivity contribution in [2.45, 2.75) is 23.6 Å². The molecule has 130 valence electrons. The SMILES string of the molecule is CC(=O)Oc1ccc([S+](C)C)cc1.Cc1ccc(S(=O)(=O)[O-])cc1. The Balaban J connectivity index is 0.000000243. The standard InChI is InChI=1S/C10H13O2S.C7H8O3S/c1-8(11)12-9-4-6-10(7-5-9)13(2)3;1-6-2-4-7(5-3-6)11(8,9)10/h4-7H,1-3H3;2-5H,1H3,(H,8,9,10)/q+1;/p-1. The van der Waals surface area contributed by atoms with Crippen LogP contribution < -0.4 is 4.74 Å². The molecule has 0 aliphatic carbocycles. The molecule has 0 bridgehead atoms.